The quantitative estimate of drug-likeness (QED) is 0.486. The number of amidine groups is 1. The van der Waals surface area contributed by atoms with Crippen molar-refractivity contribution in [2.45, 2.75) is 6.92 Å². The second-order valence-corrected chi connectivity index (χ2v) is 5.28. The number of aromatic nitrogens is 1. The number of carbonyl (C=O) groups is 1. The number of rotatable bonds is 2. The van der Waals surface area contributed by atoms with Gasteiger partial charge in [0.05, 0.1) is 11.3 Å². The monoisotopic (exact) mass is 307 g/mol. The van der Waals surface area contributed by atoms with E-state index in [4.69, 9.17) is 4.74 Å². The van der Waals surface area contributed by atoms with Crippen LogP contribution in [0, 0.1) is 12.7 Å². The molecular weight excluding hydrogens is 293 g/mol. The summed E-state index contributed by atoms with van der Waals surface area (Å²) in [7, 11) is 3.43. The van der Waals surface area contributed by atoms with Crippen molar-refractivity contribution >= 4 is 28.5 Å². The maximum absolute atomic E-state index is 12.8. The number of hydrogen-bond acceptors (Lipinski definition) is 5. The summed E-state index contributed by atoms with van der Waals surface area (Å²) in [4.78, 5) is 17.8. The minimum absolute atomic E-state index is 0.146. The molecule has 0 saturated carbocycles. The summed E-state index contributed by atoms with van der Waals surface area (Å²) in [5.74, 6) is -1.00. The number of carbonyl (C=O) groups excluding carboxylic acids is 1. The Kier molecular flexibility index (Phi) is 4.64. The van der Waals surface area contributed by atoms with Gasteiger partial charge in [-0.05, 0) is 48.8 Å². The van der Waals surface area contributed by atoms with Crippen molar-refractivity contribution in [2.75, 3.05) is 14.1 Å². The molecule has 2 aromatic rings. The third kappa shape index (κ3) is 4.09. The van der Waals surface area contributed by atoms with E-state index in [1.807, 2.05) is 6.92 Å². The molecule has 0 aliphatic carbocycles. The molecule has 0 aliphatic rings. The van der Waals surface area contributed by atoms with Crippen molar-refractivity contribution in [3.05, 3.63) is 47.4 Å². The number of benzene rings is 1. The first-order valence-electron chi connectivity index (χ1n) is 6.13. The highest BCUT2D eigenvalue weighted by atomic mass is 32.1. The summed E-state index contributed by atoms with van der Waals surface area (Å²) in [5.41, 5.74) is 1.10. The minimum Gasteiger partial charge on any atom is -0.389 e. The Morgan fingerprint density at radius 2 is 2.00 bits per heavy atom. The summed E-state index contributed by atoms with van der Waals surface area (Å²) in [6, 6.07) is 7.07. The summed E-state index contributed by atoms with van der Waals surface area (Å²) in [6.07, 6.45) is 0. The molecule has 0 spiro atoms. The summed E-state index contributed by atoms with van der Waals surface area (Å²) in [6.45, 7) is 1.86. The lowest BCUT2D eigenvalue weighted by Gasteiger charge is -2.14. The smallest absolute Gasteiger partial charge is 0.345 e. The molecule has 0 amide bonds. The van der Waals surface area contributed by atoms with Crippen LogP contribution in [0.3, 0.4) is 0 Å². The fraction of sp³-hybridized carbons (Fsp3) is 0.214. The highest BCUT2D eigenvalue weighted by molar-refractivity contribution is 7.09. The van der Waals surface area contributed by atoms with Crippen LogP contribution >= 0.6 is 11.5 Å². The SMILES string of the molecule is Cc1cc(/N=C(/OC(=O)c2ccc(F)cc2)N(C)C)sn1. The molecule has 5 nitrogen and oxygen atoms in total. The van der Waals surface area contributed by atoms with Crippen molar-refractivity contribution < 1.29 is 13.9 Å². The van der Waals surface area contributed by atoms with Crippen molar-refractivity contribution in [1.82, 2.24) is 9.27 Å². The maximum atomic E-state index is 12.8. The predicted octanol–water partition coefficient (Wildman–Crippen LogP) is 3.00. The lowest BCUT2D eigenvalue weighted by molar-refractivity contribution is 0.0691. The molecule has 0 unspecified atom stereocenters. The Hall–Kier alpha value is -2.28. The zero-order valence-corrected chi connectivity index (χ0v) is 12.6. The molecule has 21 heavy (non-hydrogen) atoms. The van der Waals surface area contributed by atoms with Crippen LogP contribution in [0.2, 0.25) is 0 Å². The first-order valence-corrected chi connectivity index (χ1v) is 6.90. The van der Waals surface area contributed by atoms with Crippen LogP contribution in [-0.4, -0.2) is 35.4 Å². The number of ether oxygens (including phenoxy) is 1. The second kappa shape index (κ2) is 6.45. The lowest BCUT2D eigenvalue weighted by atomic mass is 10.2. The van der Waals surface area contributed by atoms with Gasteiger partial charge in [0, 0.05) is 14.1 Å². The molecule has 7 heteroatoms. The van der Waals surface area contributed by atoms with Gasteiger partial charge in [-0.25, -0.2) is 9.18 Å². The average molecular weight is 307 g/mol. The largest absolute Gasteiger partial charge is 0.389 e. The van der Waals surface area contributed by atoms with Gasteiger partial charge in [-0.1, -0.05) is 0 Å². The van der Waals surface area contributed by atoms with E-state index in [-0.39, 0.29) is 11.6 Å². The number of halogens is 1. The molecule has 1 aromatic carbocycles. The summed E-state index contributed by atoms with van der Waals surface area (Å²) < 4.78 is 22.2. The topological polar surface area (TPSA) is 54.8 Å². The fourth-order valence-corrected chi connectivity index (χ4v) is 2.07. The van der Waals surface area contributed by atoms with E-state index in [0.29, 0.717) is 5.00 Å². The van der Waals surface area contributed by atoms with Crippen molar-refractivity contribution in [3.63, 3.8) is 0 Å². The Morgan fingerprint density at radius 3 is 2.52 bits per heavy atom. The number of nitrogens with zero attached hydrogens (tertiary/aromatic N) is 3. The van der Waals surface area contributed by atoms with Gasteiger partial charge in [0.1, 0.15) is 10.8 Å². The second-order valence-electron chi connectivity index (χ2n) is 4.49. The van der Waals surface area contributed by atoms with E-state index in [1.165, 1.54) is 35.8 Å². The highest BCUT2D eigenvalue weighted by Gasteiger charge is 2.14. The van der Waals surface area contributed by atoms with E-state index in [2.05, 4.69) is 9.37 Å². The molecule has 0 radical (unpaired) electrons. The lowest BCUT2D eigenvalue weighted by Crippen LogP contribution is -2.27. The Labute approximate surface area is 125 Å². The molecule has 110 valence electrons. The predicted molar refractivity (Wildman–Crippen MR) is 79.4 cm³/mol. The van der Waals surface area contributed by atoms with Crippen molar-refractivity contribution in [3.8, 4) is 0 Å². The van der Waals surface area contributed by atoms with Crippen LogP contribution in [0.15, 0.2) is 35.3 Å². The molecule has 2 rings (SSSR count). The van der Waals surface area contributed by atoms with E-state index >= 15 is 0 Å². The van der Waals surface area contributed by atoms with E-state index in [1.54, 1.807) is 25.1 Å². The minimum atomic E-state index is -0.594. The molecule has 1 aromatic heterocycles. The summed E-state index contributed by atoms with van der Waals surface area (Å²) >= 11 is 1.22. The standard InChI is InChI=1S/C14H14FN3O2S/c1-9-8-12(21-17-9)16-14(18(2)3)20-13(19)10-4-6-11(15)7-5-10/h4-8H,1-3H3/b16-14+. The van der Waals surface area contributed by atoms with Crippen LogP contribution in [0.5, 0.6) is 0 Å². The van der Waals surface area contributed by atoms with Crippen molar-refractivity contribution in [2.24, 2.45) is 4.99 Å². The van der Waals surface area contributed by atoms with Crippen LogP contribution in [-0.2, 0) is 4.74 Å². The van der Waals surface area contributed by atoms with E-state index in [9.17, 15) is 9.18 Å². The van der Waals surface area contributed by atoms with Gasteiger partial charge in [-0.2, -0.15) is 9.37 Å². The molecule has 0 aliphatic heterocycles. The highest BCUT2D eigenvalue weighted by Crippen LogP contribution is 2.20. The van der Waals surface area contributed by atoms with Gasteiger partial charge in [0.2, 0.25) is 0 Å². The van der Waals surface area contributed by atoms with Gasteiger partial charge in [-0.3, -0.25) is 0 Å². The maximum Gasteiger partial charge on any atom is 0.345 e. The van der Waals surface area contributed by atoms with Crippen molar-refractivity contribution in [1.29, 1.82) is 0 Å². The Balaban J connectivity index is 2.18. The third-order valence-electron chi connectivity index (χ3n) is 2.47. The molecular formula is C14H14FN3O2S. The van der Waals surface area contributed by atoms with Crippen LogP contribution in [0.4, 0.5) is 9.39 Å². The first-order chi connectivity index (χ1) is 9.95. The first kappa shape index (κ1) is 15.1. The molecule has 1 heterocycles. The van der Waals surface area contributed by atoms with E-state index in [0.717, 1.165) is 5.69 Å². The third-order valence-corrected chi connectivity index (χ3v) is 3.24. The zero-order chi connectivity index (χ0) is 15.4. The average Bonchev–Trinajstić information content (AvgIpc) is 2.84. The van der Waals surface area contributed by atoms with Crippen LogP contribution in [0.25, 0.3) is 0 Å². The fourth-order valence-electron chi connectivity index (χ4n) is 1.44. The van der Waals surface area contributed by atoms with Gasteiger partial charge in [0.25, 0.3) is 0 Å². The van der Waals surface area contributed by atoms with Crippen LogP contribution in [0.1, 0.15) is 16.1 Å². The number of hydrogen-bond donors (Lipinski definition) is 0. The Bertz CT molecular complexity index is 665. The van der Waals surface area contributed by atoms with Crippen LogP contribution < -0.4 is 0 Å². The van der Waals surface area contributed by atoms with Gasteiger partial charge < -0.3 is 9.64 Å². The molecule has 0 atom stereocenters. The zero-order valence-electron chi connectivity index (χ0n) is 11.8. The van der Waals surface area contributed by atoms with Gasteiger partial charge in [0.15, 0.2) is 0 Å². The number of aliphatic imine (C=N–C) groups is 1. The molecule has 0 N–H and O–H groups in total. The normalized spacial score (nSPS) is 11.3. The number of aryl methyl sites for hydroxylation is 1. The van der Waals surface area contributed by atoms with Gasteiger partial charge in [-0.15, -0.1) is 0 Å². The Morgan fingerprint density at radius 1 is 1.33 bits per heavy atom. The molecule has 0 fully saturated rings. The molecule has 0 bridgehead atoms. The number of esters is 1. The molecule has 0 saturated heterocycles. The van der Waals surface area contributed by atoms with E-state index < -0.39 is 11.8 Å². The summed E-state index contributed by atoms with van der Waals surface area (Å²) in [5, 5.41) is 0.642. The van der Waals surface area contributed by atoms with Gasteiger partial charge >= 0.3 is 12.0 Å².